The molecule has 1 aromatic heterocycles. The Morgan fingerprint density at radius 1 is 0.759 bits per heavy atom. The molecule has 0 aliphatic carbocycles. The summed E-state index contributed by atoms with van der Waals surface area (Å²) in [5.74, 6) is 0. The van der Waals surface area contributed by atoms with Crippen molar-refractivity contribution in [2.75, 3.05) is 46.8 Å². The largest absolute Gasteiger partial charge is 0.421 e. The lowest BCUT2D eigenvalue weighted by Crippen LogP contribution is -2.22. The number of hydrogen-bond acceptors (Lipinski definition) is 6. The second-order valence-electron chi connectivity index (χ2n) is 6.81. The molecule has 3 rings (SSSR count). The van der Waals surface area contributed by atoms with E-state index in [1.807, 2.05) is 30.3 Å². The fourth-order valence-electron chi connectivity index (χ4n) is 3.46. The molecular formula is C23H30N4O2. The number of anilines is 4. The Morgan fingerprint density at radius 3 is 1.97 bits per heavy atom. The topological polar surface area (TPSA) is 60.8 Å². The molecule has 0 radical (unpaired) electrons. The molecule has 29 heavy (non-hydrogen) atoms. The van der Waals surface area contributed by atoms with Gasteiger partial charge in [0.05, 0.1) is 5.69 Å². The fraction of sp³-hybridized carbons (Fsp3) is 0.348. The molecule has 0 atom stereocenters. The predicted octanol–water partition coefficient (Wildman–Crippen LogP) is 4.92. The molecular weight excluding hydrogens is 364 g/mol. The SMILES string of the molecule is CCN(CC)c1ccc(NNc2cc3ccc(N(CC)CC)cc3oc2=O)cc1. The van der Waals surface area contributed by atoms with Crippen LogP contribution in [0.2, 0.25) is 0 Å². The molecule has 0 fully saturated rings. The maximum absolute atomic E-state index is 12.4. The van der Waals surface area contributed by atoms with Crippen molar-refractivity contribution in [2.24, 2.45) is 0 Å². The predicted molar refractivity (Wildman–Crippen MR) is 123 cm³/mol. The molecule has 0 aliphatic heterocycles. The molecule has 0 spiro atoms. The molecule has 0 amide bonds. The van der Waals surface area contributed by atoms with Crippen molar-refractivity contribution in [1.82, 2.24) is 0 Å². The van der Waals surface area contributed by atoms with Crippen molar-refractivity contribution in [2.45, 2.75) is 27.7 Å². The number of rotatable bonds is 9. The molecule has 0 saturated heterocycles. The molecule has 0 aliphatic rings. The van der Waals surface area contributed by atoms with E-state index in [1.165, 1.54) is 5.69 Å². The van der Waals surface area contributed by atoms with Crippen LogP contribution in [0.1, 0.15) is 27.7 Å². The fourth-order valence-corrected chi connectivity index (χ4v) is 3.46. The third-order valence-electron chi connectivity index (χ3n) is 5.19. The van der Waals surface area contributed by atoms with E-state index >= 15 is 0 Å². The molecule has 154 valence electrons. The average Bonchev–Trinajstić information content (AvgIpc) is 2.75. The summed E-state index contributed by atoms with van der Waals surface area (Å²) < 4.78 is 5.55. The van der Waals surface area contributed by atoms with Crippen LogP contribution in [0, 0.1) is 0 Å². The average molecular weight is 395 g/mol. The van der Waals surface area contributed by atoms with E-state index in [4.69, 9.17) is 4.42 Å². The van der Waals surface area contributed by atoms with E-state index in [0.29, 0.717) is 11.3 Å². The highest BCUT2D eigenvalue weighted by molar-refractivity contribution is 5.83. The Hall–Kier alpha value is -3.15. The summed E-state index contributed by atoms with van der Waals surface area (Å²) in [4.78, 5) is 16.9. The summed E-state index contributed by atoms with van der Waals surface area (Å²) >= 11 is 0. The Balaban J connectivity index is 1.76. The second kappa shape index (κ2) is 9.37. The van der Waals surface area contributed by atoms with Gasteiger partial charge < -0.3 is 19.6 Å². The van der Waals surface area contributed by atoms with Gasteiger partial charge in [-0.25, -0.2) is 4.79 Å². The van der Waals surface area contributed by atoms with Gasteiger partial charge in [0.25, 0.3) is 0 Å². The van der Waals surface area contributed by atoms with E-state index in [-0.39, 0.29) is 0 Å². The molecule has 3 aromatic rings. The van der Waals surface area contributed by atoms with Crippen molar-refractivity contribution < 1.29 is 4.42 Å². The van der Waals surface area contributed by atoms with Gasteiger partial charge in [0.15, 0.2) is 0 Å². The van der Waals surface area contributed by atoms with Gasteiger partial charge in [-0.05, 0) is 70.2 Å². The van der Waals surface area contributed by atoms with Crippen LogP contribution >= 0.6 is 0 Å². The lowest BCUT2D eigenvalue weighted by Gasteiger charge is -2.21. The van der Waals surface area contributed by atoms with Crippen LogP contribution in [0.15, 0.2) is 57.7 Å². The van der Waals surface area contributed by atoms with Crippen molar-refractivity contribution in [3.63, 3.8) is 0 Å². The number of benzene rings is 2. The first-order chi connectivity index (χ1) is 14.1. The zero-order valence-electron chi connectivity index (χ0n) is 17.7. The van der Waals surface area contributed by atoms with Crippen LogP contribution in [0.3, 0.4) is 0 Å². The quantitative estimate of drug-likeness (QED) is 0.397. The zero-order valence-corrected chi connectivity index (χ0v) is 17.7. The molecule has 6 heteroatoms. The molecule has 0 saturated carbocycles. The maximum Gasteiger partial charge on any atom is 0.361 e. The Bertz CT molecular complexity index is 990. The maximum atomic E-state index is 12.4. The van der Waals surface area contributed by atoms with Gasteiger partial charge in [-0.3, -0.25) is 5.43 Å². The molecule has 0 bridgehead atoms. The van der Waals surface area contributed by atoms with E-state index in [2.05, 4.69) is 66.5 Å². The normalized spacial score (nSPS) is 10.8. The van der Waals surface area contributed by atoms with Crippen molar-refractivity contribution in [1.29, 1.82) is 0 Å². The standard InChI is InChI=1S/C23H30N4O2/c1-5-26(6-2)19-13-10-18(11-14-19)24-25-21-15-17-9-12-20(27(7-3)8-4)16-22(17)29-23(21)28/h9-16,24-25H,5-8H2,1-4H3. The summed E-state index contributed by atoms with van der Waals surface area (Å²) in [6.07, 6.45) is 0. The van der Waals surface area contributed by atoms with Crippen LogP contribution in [0.25, 0.3) is 11.0 Å². The van der Waals surface area contributed by atoms with Gasteiger partial charge in [0, 0.05) is 49.0 Å². The van der Waals surface area contributed by atoms with Crippen LogP contribution in [0.5, 0.6) is 0 Å². The minimum absolute atomic E-state index is 0.376. The Labute approximate surface area is 172 Å². The zero-order chi connectivity index (χ0) is 20.8. The summed E-state index contributed by atoms with van der Waals surface area (Å²) in [5.41, 5.74) is 9.72. The number of nitrogens with one attached hydrogen (secondary N) is 2. The Kier molecular flexibility index (Phi) is 6.65. The van der Waals surface area contributed by atoms with Crippen LogP contribution < -0.4 is 26.3 Å². The monoisotopic (exact) mass is 394 g/mol. The highest BCUT2D eigenvalue weighted by Gasteiger charge is 2.09. The third kappa shape index (κ3) is 4.65. The van der Waals surface area contributed by atoms with Crippen LogP contribution in [-0.2, 0) is 0 Å². The van der Waals surface area contributed by atoms with Crippen molar-refractivity contribution >= 4 is 33.7 Å². The van der Waals surface area contributed by atoms with Gasteiger partial charge in [-0.1, -0.05) is 0 Å². The van der Waals surface area contributed by atoms with Gasteiger partial charge in [-0.2, -0.15) is 0 Å². The number of nitrogens with zero attached hydrogens (tertiary/aromatic N) is 2. The first-order valence-electron chi connectivity index (χ1n) is 10.3. The smallest absolute Gasteiger partial charge is 0.361 e. The molecule has 0 unspecified atom stereocenters. The summed E-state index contributed by atoms with van der Waals surface area (Å²) in [7, 11) is 0. The van der Waals surface area contributed by atoms with Gasteiger partial charge in [0.2, 0.25) is 0 Å². The van der Waals surface area contributed by atoms with Crippen LogP contribution in [-0.4, -0.2) is 26.2 Å². The number of hydrogen-bond donors (Lipinski definition) is 2. The Morgan fingerprint density at radius 2 is 1.34 bits per heavy atom. The molecule has 2 N–H and O–H groups in total. The minimum atomic E-state index is -0.401. The first kappa shape index (κ1) is 20.6. The number of hydrazine groups is 1. The van der Waals surface area contributed by atoms with Crippen molar-refractivity contribution in [3.8, 4) is 0 Å². The minimum Gasteiger partial charge on any atom is -0.421 e. The summed E-state index contributed by atoms with van der Waals surface area (Å²) in [6.45, 7) is 12.2. The van der Waals surface area contributed by atoms with E-state index in [1.54, 1.807) is 0 Å². The van der Waals surface area contributed by atoms with E-state index in [9.17, 15) is 4.79 Å². The van der Waals surface area contributed by atoms with Crippen molar-refractivity contribution in [3.05, 3.63) is 59.0 Å². The van der Waals surface area contributed by atoms with E-state index < -0.39 is 5.63 Å². The molecule has 1 heterocycles. The highest BCUT2D eigenvalue weighted by atomic mass is 16.4. The van der Waals surface area contributed by atoms with E-state index in [0.717, 1.165) is 42.9 Å². The third-order valence-corrected chi connectivity index (χ3v) is 5.19. The summed E-state index contributed by atoms with van der Waals surface area (Å²) in [6, 6.07) is 15.9. The molecule has 2 aromatic carbocycles. The second-order valence-corrected chi connectivity index (χ2v) is 6.81. The first-order valence-corrected chi connectivity index (χ1v) is 10.3. The summed E-state index contributed by atoms with van der Waals surface area (Å²) in [5, 5.41) is 0.877. The van der Waals surface area contributed by atoms with Gasteiger partial charge in [-0.15, -0.1) is 0 Å². The lowest BCUT2D eigenvalue weighted by molar-refractivity contribution is 0.563. The van der Waals surface area contributed by atoms with Crippen LogP contribution in [0.4, 0.5) is 22.7 Å². The lowest BCUT2D eigenvalue weighted by atomic mass is 10.2. The molecule has 6 nitrogen and oxygen atoms in total. The number of fused-ring (bicyclic) bond motifs is 1. The van der Waals surface area contributed by atoms with Gasteiger partial charge in [0.1, 0.15) is 11.3 Å². The van der Waals surface area contributed by atoms with Gasteiger partial charge >= 0.3 is 5.63 Å². The highest BCUT2D eigenvalue weighted by Crippen LogP contribution is 2.23.